The Hall–Kier alpha value is -3.09. The van der Waals surface area contributed by atoms with E-state index in [-0.39, 0.29) is 16.6 Å². The third kappa shape index (κ3) is 2.14. The van der Waals surface area contributed by atoms with E-state index in [1.807, 2.05) is 0 Å². The molecule has 0 radical (unpaired) electrons. The van der Waals surface area contributed by atoms with Crippen molar-refractivity contribution in [3.05, 3.63) is 58.0 Å². The van der Waals surface area contributed by atoms with Crippen LogP contribution in [0.25, 0.3) is 16.7 Å². The number of nitrogens with two attached hydrogens (primary N) is 1. The van der Waals surface area contributed by atoms with Gasteiger partial charge in [0.1, 0.15) is 17.5 Å². The van der Waals surface area contributed by atoms with Crippen LogP contribution in [0.2, 0.25) is 0 Å². The quantitative estimate of drug-likeness (QED) is 0.717. The van der Waals surface area contributed by atoms with Crippen molar-refractivity contribution >= 4 is 22.5 Å². The van der Waals surface area contributed by atoms with Crippen LogP contribution >= 0.6 is 0 Å². The Kier molecular flexibility index (Phi) is 2.94. The largest absolute Gasteiger partial charge is 0.383 e. The van der Waals surface area contributed by atoms with Gasteiger partial charge < -0.3 is 10.3 Å². The summed E-state index contributed by atoms with van der Waals surface area (Å²) >= 11 is 0. The molecule has 0 saturated carbocycles. The first-order valence-electron chi connectivity index (χ1n) is 6.21. The lowest BCUT2D eigenvalue weighted by atomic mass is 10.2. The number of hydrogen-bond acceptors (Lipinski definition) is 5. The van der Waals surface area contributed by atoms with E-state index >= 15 is 0 Å². The first-order chi connectivity index (χ1) is 10.1. The Morgan fingerprint density at radius 3 is 2.52 bits per heavy atom. The number of nitrogen functional groups attached to an aromatic ring is 1. The summed E-state index contributed by atoms with van der Waals surface area (Å²) < 4.78 is 2.50. The molecule has 3 aromatic rings. The second kappa shape index (κ2) is 4.78. The number of nitrogens with zero attached hydrogens (tertiary/aromatic N) is 4. The molecule has 0 aliphatic rings. The van der Waals surface area contributed by atoms with Crippen LogP contribution < -0.4 is 11.2 Å². The number of aromatic nitrogens is 3. The van der Waals surface area contributed by atoms with Crippen LogP contribution in [0.5, 0.6) is 0 Å². The monoisotopic (exact) mass is 282 g/mol. The zero-order valence-electron chi connectivity index (χ0n) is 11.2. The molecule has 2 aromatic heterocycles. The first kappa shape index (κ1) is 12.9. The fraction of sp³-hybridized carbons (Fsp3) is 0.0714. The average molecular weight is 282 g/mol. The van der Waals surface area contributed by atoms with Gasteiger partial charge in [-0.05, 0) is 12.1 Å². The van der Waals surface area contributed by atoms with Crippen molar-refractivity contribution in [1.82, 2.24) is 14.5 Å². The van der Waals surface area contributed by atoms with Gasteiger partial charge in [0, 0.05) is 39.8 Å². The van der Waals surface area contributed by atoms with E-state index in [0.29, 0.717) is 11.3 Å². The molecule has 21 heavy (non-hydrogen) atoms. The van der Waals surface area contributed by atoms with Crippen LogP contribution in [0.15, 0.2) is 47.7 Å². The van der Waals surface area contributed by atoms with Crippen LogP contribution in [-0.2, 0) is 0 Å². The van der Waals surface area contributed by atoms with E-state index < -0.39 is 0 Å². The maximum Gasteiger partial charge on any atom is 0.255 e. The highest BCUT2D eigenvalue weighted by Gasteiger charge is 2.11. The van der Waals surface area contributed by atoms with Crippen LogP contribution in [-0.4, -0.2) is 26.3 Å². The highest BCUT2D eigenvalue weighted by Crippen LogP contribution is 2.19. The number of pyridine rings is 1. The van der Waals surface area contributed by atoms with Gasteiger partial charge in [-0.3, -0.25) is 4.79 Å². The van der Waals surface area contributed by atoms with Crippen molar-refractivity contribution in [2.75, 3.05) is 12.8 Å². The van der Waals surface area contributed by atoms with E-state index in [2.05, 4.69) is 9.97 Å². The van der Waals surface area contributed by atoms with E-state index in [1.165, 1.54) is 19.4 Å². The zero-order valence-corrected chi connectivity index (χ0v) is 11.2. The van der Waals surface area contributed by atoms with Gasteiger partial charge in [-0.2, -0.15) is 0 Å². The predicted octanol–water partition coefficient (Wildman–Crippen LogP) is 1.40. The summed E-state index contributed by atoms with van der Waals surface area (Å²) in [5, 5.41) is 0.282. The van der Waals surface area contributed by atoms with Gasteiger partial charge in [0.15, 0.2) is 18.1 Å². The summed E-state index contributed by atoms with van der Waals surface area (Å²) in [6, 6.07) is 8.33. The van der Waals surface area contributed by atoms with E-state index in [4.69, 9.17) is 5.73 Å². The number of hydrogen-bond donors (Lipinski definition) is 1. The van der Waals surface area contributed by atoms with Crippen molar-refractivity contribution in [1.29, 1.82) is 0 Å². The molecule has 7 nitrogen and oxygen atoms in total. The lowest BCUT2D eigenvalue weighted by Gasteiger charge is -2.09. The molecule has 7 heteroatoms. The molecule has 0 atom stereocenters. The minimum atomic E-state index is -0.227. The molecule has 0 saturated heterocycles. The van der Waals surface area contributed by atoms with Gasteiger partial charge in [-0.25, -0.2) is 9.97 Å². The van der Waals surface area contributed by atoms with E-state index in [1.54, 1.807) is 35.0 Å². The van der Waals surface area contributed by atoms with Crippen molar-refractivity contribution in [3.63, 3.8) is 0 Å². The maximum absolute atomic E-state index is 11.9. The maximum atomic E-state index is 11.9. The number of rotatable bonds is 2. The average Bonchev–Trinajstić information content (AvgIpc) is 2.48. The Bertz CT molecular complexity index is 899. The molecular weight excluding hydrogens is 270 g/mol. The fourth-order valence-corrected chi connectivity index (χ4v) is 2.14. The van der Waals surface area contributed by atoms with Gasteiger partial charge in [0.2, 0.25) is 0 Å². The summed E-state index contributed by atoms with van der Waals surface area (Å²) in [5.74, 6) is 0.148. The topological polar surface area (TPSA) is 93.9 Å². The molecular formula is C14H12N5O2+. The standard InChI is InChI=1S/C14H11N5O2/c1-18(21)9-2-4-10(5-3-9)19-7-6-11(20)12-13(15)16-8-17-14(12)19/h2-8H,1H3,(H-,15,16,17,20)/p+1. The first-order valence-corrected chi connectivity index (χ1v) is 6.21. The number of nitroso groups, excluding NO2 is 1. The summed E-state index contributed by atoms with van der Waals surface area (Å²) in [6.07, 6.45) is 2.93. The van der Waals surface area contributed by atoms with Crippen LogP contribution in [0.4, 0.5) is 11.5 Å². The summed E-state index contributed by atoms with van der Waals surface area (Å²) in [5.41, 5.74) is 7.27. The summed E-state index contributed by atoms with van der Waals surface area (Å²) in [6.45, 7) is 0. The van der Waals surface area contributed by atoms with Crippen molar-refractivity contribution in [2.45, 2.75) is 0 Å². The highest BCUT2D eigenvalue weighted by molar-refractivity contribution is 5.85. The Labute approximate surface area is 119 Å². The molecule has 0 amide bonds. The third-order valence-electron chi connectivity index (χ3n) is 3.20. The van der Waals surface area contributed by atoms with E-state index in [0.717, 1.165) is 10.4 Å². The van der Waals surface area contributed by atoms with Crippen LogP contribution in [0.3, 0.4) is 0 Å². The SMILES string of the molecule is C[N+](=O)c1ccc(-n2ccc(=O)c3c(N)ncnc32)cc1. The minimum Gasteiger partial charge on any atom is -0.383 e. The zero-order chi connectivity index (χ0) is 15.0. The molecule has 0 fully saturated rings. The van der Waals surface area contributed by atoms with Crippen molar-refractivity contribution in [3.8, 4) is 5.69 Å². The summed E-state index contributed by atoms with van der Waals surface area (Å²) in [7, 11) is 1.43. The molecule has 1 aromatic carbocycles. The molecule has 0 aliphatic carbocycles. The van der Waals surface area contributed by atoms with E-state index in [9.17, 15) is 9.70 Å². The Morgan fingerprint density at radius 1 is 1.14 bits per heavy atom. The predicted molar refractivity (Wildman–Crippen MR) is 78.8 cm³/mol. The van der Waals surface area contributed by atoms with Crippen LogP contribution in [0, 0.1) is 4.91 Å². The van der Waals surface area contributed by atoms with Gasteiger partial charge in [-0.1, -0.05) is 0 Å². The van der Waals surface area contributed by atoms with Gasteiger partial charge in [-0.15, -0.1) is 0 Å². The van der Waals surface area contributed by atoms with Gasteiger partial charge in [0.05, 0.1) is 0 Å². The fourth-order valence-electron chi connectivity index (χ4n) is 2.14. The number of anilines is 1. The number of fused-ring (bicyclic) bond motifs is 1. The third-order valence-corrected chi connectivity index (χ3v) is 3.20. The Balaban J connectivity index is 2.26. The van der Waals surface area contributed by atoms with Gasteiger partial charge in [0.25, 0.3) is 5.69 Å². The molecule has 3 rings (SSSR count). The van der Waals surface area contributed by atoms with Crippen molar-refractivity contribution in [2.24, 2.45) is 0 Å². The smallest absolute Gasteiger partial charge is 0.255 e. The lowest BCUT2D eigenvalue weighted by molar-refractivity contribution is -0.428. The lowest BCUT2D eigenvalue weighted by Crippen LogP contribution is -2.11. The Morgan fingerprint density at radius 2 is 1.86 bits per heavy atom. The highest BCUT2D eigenvalue weighted by atomic mass is 16.3. The second-order valence-corrected chi connectivity index (χ2v) is 4.52. The molecule has 0 aliphatic heterocycles. The second-order valence-electron chi connectivity index (χ2n) is 4.52. The molecule has 0 spiro atoms. The molecule has 0 unspecified atom stereocenters. The molecule has 0 bridgehead atoms. The molecule has 104 valence electrons. The molecule has 2 N–H and O–H groups in total. The normalized spacial score (nSPS) is 10.7. The minimum absolute atomic E-state index is 0.148. The summed E-state index contributed by atoms with van der Waals surface area (Å²) in [4.78, 5) is 31.1. The van der Waals surface area contributed by atoms with Gasteiger partial charge >= 0.3 is 0 Å². The number of benzene rings is 1. The van der Waals surface area contributed by atoms with Crippen LogP contribution in [0.1, 0.15) is 0 Å². The molecule has 2 heterocycles. The van der Waals surface area contributed by atoms with Crippen molar-refractivity contribution < 1.29 is 4.76 Å².